The molecule has 0 fully saturated rings. The molecule has 0 aliphatic heterocycles. The summed E-state index contributed by atoms with van der Waals surface area (Å²) in [5.74, 6) is 2.14. The van der Waals surface area contributed by atoms with E-state index in [1.807, 2.05) is 7.05 Å². The van der Waals surface area contributed by atoms with E-state index in [-0.39, 0.29) is 0 Å². The second-order valence-corrected chi connectivity index (χ2v) is 5.85. The van der Waals surface area contributed by atoms with Crippen LogP contribution in [0.5, 0.6) is 0 Å². The molecule has 1 aromatic heterocycles. The highest BCUT2D eigenvalue weighted by Crippen LogP contribution is 2.31. The first-order valence-corrected chi connectivity index (χ1v) is 7.60. The Balaban J connectivity index is 1.94. The fourth-order valence-electron chi connectivity index (χ4n) is 3.03. The van der Waals surface area contributed by atoms with E-state index in [4.69, 9.17) is 0 Å². The first-order chi connectivity index (χ1) is 10.2. The minimum Gasteiger partial charge on any atom is -0.373 e. The molecule has 2 N–H and O–H groups in total. The Hall–Kier alpha value is -2.10. The average Bonchev–Trinajstić information content (AvgIpc) is 2.94. The van der Waals surface area contributed by atoms with Crippen molar-refractivity contribution in [1.29, 1.82) is 0 Å². The van der Waals surface area contributed by atoms with Crippen molar-refractivity contribution in [2.45, 2.75) is 39.0 Å². The van der Waals surface area contributed by atoms with Gasteiger partial charge in [-0.3, -0.25) is 0 Å². The number of hydrogen-bond donors (Lipinski definition) is 2. The molecule has 1 aromatic carbocycles. The smallest absolute Gasteiger partial charge is 0.139 e. The van der Waals surface area contributed by atoms with E-state index in [9.17, 15) is 0 Å². The van der Waals surface area contributed by atoms with Gasteiger partial charge in [-0.1, -0.05) is 19.9 Å². The van der Waals surface area contributed by atoms with E-state index in [1.54, 1.807) is 6.33 Å². The van der Waals surface area contributed by atoms with Crippen molar-refractivity contribution < 1.29 is 0 Å². The third kappa shape index (κ3) is 2.71. The van der Waals surface area contributed by atoms with Gasteiger partial charge < -0.3 is 10.6 Å². The van der Waals surface area contributed by atoms with Crippen molar-refractivity contribution in [3.8, 4) is 0 Å². The number of nitrogens with zero attached hydrogens (tertiary/aromatic N) is 2. The van der Waals surface area contributed by atoms with Crippen LogP contribution in [0.15, 0.2) is 24.5 Å². The van der Waals surface area contributed by atoms with Gasteiger partial charge in [-0.2, -0.15) is 0 Å². The molecule has 0 atom stereocenters. The molecular weight excluding hydrogens is 260 g/mol. The standard InChI is InChI=1S/C17H22N4/c1-11(2)15-16(18-3)19-10-20-17(15)21-14-8-7-12-5-4-6-13(12)9-14/h7-11H,4-6H2,1-3H3,(H2,18,19,20,21). The minimum absolute atomic E-state index is 0.352. The van der Waals surface area contributed by atoms with Crippen LogP contribution in [0.2, 0.25) is 0 Å². The van der Waals surface area contributed by atoms with Crippen molar-refractivity contribution in [1.82, 2.24) is 9.97 Å². The summed E-state index contributed by atoms with van der Waals surface area (Å²) in [7, 11) is 1.90. The van der Waals surface area contributed by atoms with Gasteiger partial charge in [0.2, 0.25) is 0 Å². The molecule has 21 heavy (non-hydrogen) atoms. The van der Waals surface area contributed by atoms with E-state index in [0.717, 1.165) is 22.9 Å². The van der Waals surface area contributed by atoms with Crippen molar-refractivity contribution in [2.75, 3.05) is 17.7 Å². The lowest BCUT2D eigenvalue weighted by Gasteiger charge is -2.17. The van der Waals surface area contributed by atoms with Crippen LogP contribution in [0, 0.1) is 0 Å². The van der Waals surface area contributed by atoms with Crippen molar-refractivity contribution in [2.24, 2.45) is 0 Å². The predicted octanol–water partition coefficient (Wildman–Crippen LogP) is 3.87. The van der Waals surface area contributed by atoms with Gasteiger partial charge in [0.1, 0.15) is 18.0 Å². The predicted molar refractivity (Wildman–Crippen MR) is 87.4 cm³/mol. The van der Waals surface area contributed by atoms with Crippen LogP contribution in [0.25, 0.3) is 0 Å². The topological polar surface area (TPSA) is 49.8 Å². The van der Waals surface area contributed by atoms with Crippen LogP contribution >= 0.6 is 0 Å². The molecule has 2 aromatic rings. The van der Waals surface area contributed by atoms with Crippen LogP contribution < -0.4 is 10.6 Å². The molecule has 0 saturated carbocycles. The Kier molecular flexibility index (Phi) is 3.78. The van der Waals surface area contributed by atoms with Gasteiger partial charge in [0, 0.05) is 18.3 Å². The largest absolute Gasteiger partial charge is 0.373 e. The van der Waals surface area contributed by atoms with Crippen molar-refractivity contribution >= 4 is 17.3 Å². The Morgan fingerprint density at radius 2 is 1.81 bits per heavy atom. The molecule has 1 heterocycles. The molecule has 0 spiro atoms. The molecule has 4 nitrogen and oxygen atoms in total. The number of rotatable bonds is 4. The maximum Gasteiger partial charge on any atom is 0.139 e. The van der Waals surface area contributed by atoms with Crippen molar-refractivity contribution in [3.63, 3.8) is 0 Å². The maximum absolute atomic E-state index is 4.44. The van der Waals surface area contributed by atoms with Gasteiger partial charge in [0.25, 0.3) is 0 Å². The summed E-state index contributed by atoms with van der Waals surface area (Å²) in [6.07, 6.45) is 5.28. The fourth-order valence-corrected chi connectivity index (χ4v) is 3.03. The normalized spacial score (nSPS) is 13.3. The Bertz CT molecular complexity index is 649. The quantitative estimate of drug-likeness (QED) is 0.893. The zero-order valence-electron chi connectivity index (χ0n) is 12.9. The van der Waals surface area contributed by atoms with E-state index >= 15 is 0 Å². The molecule has 0 bridgehead atoms. The lowest BCUT2D eigenvalue weighted by atomic mass is 10.0. The number of aromatic nitrogens is 2. The molecule has 0 amide bonds. The molecule has 1 aliphatic rings. The van der Waals surface area contributed by atoms with Crippen LogP contribution in [-0.4, -0.2) is 17.0 Å². The first-order valence-electron chi connectivity index (χ1n) is 7.60. The Morgan fingerprint density at radius 1 is 1.05 bits per heavy atom. The van der Waals surface area contributed by atoms with Gasteiger partial charge in [-0.05, 0) is 48.4 Å². The van der Waals surface area contributed by atoms with E-state index in [0.29, 0.717) is 5.92 Å². The Morgan fingerprint density at radius 3 is 2.57 bits per heavy atom. The number of aryl methyl sites for hydroxylation is 2. The lowest BCUT2D eigenvalue weighted by molar-refractivity contribution is 0.852. The zero-order valence-corrected chi connectivity index (χ0v) is 12.9. The fraction of sp³-hybridized carbons (Fsp3) is 0.412. The molecular formula is C17H22N4. The third-order valence-electron chi connectivity index (χ3n) is 4.06. The van der Waals surface area contributed by atoms with E-state index < -0.39 is 0 Å². The van der Waals surface area contributed by atoms with Crippen molar-refractivity contribution in [3.05, 3.63) is 41.2 Å². The first kappa shape index (κ1) is 13.9. The molecule has 110 valence electrons. The van der Waals surface area contributed by atoms with Crippen LogP contribution in [-0.2, 0) is 12.8 Å². The summed E-state index contributed by atoms with van der Waals surface area (Å²) >= 11 is 0. The van der Waals surface area contributed by atoms with Gasteiger partial charge in [-0.15, -0.1) is 0 Å². The summed E-state index contributed by atoms with van der Waals surface area (Å²) in [4.78, 5) is 8.75. The number of nitrogens with one attached hydrogen (secondary N) is 2. The Labute approximate surface area is 126 Å². The molecule has 3 rings (SSSR count). The highest BCUT2D eigenvalue weighted by atomic mass is 15.1. The van der Waals surface area contributed by atoms with Gasteiger partial charge >= 0.3 is 0 Å². The summed E-state index contributed by atoms with van der Waals surface area (Å²) in [6.45, 7) is 4.32. The number of anilines is 3. The molecule has 1 aliphatic carbocycles. The second-order valence-electron chi connectivity index (χ2n) is 5.85. The van der Waals surface area contributed by atoms with Crippen LogP contribution in [0.3, 0.4) is 0 Å². The summed E-state index contributed by atoms with van der Waals surface area (Å²) in [6, 6.07) is 6.64. The highest BCUT2D eigenvalue weighted by molar-refractivity contribution is 5.66. The van der Waals surface area contributed by atoms with E-state index in [1.165, 1.54) is 30.4 Å². The third-order valence-corrected chi connectivity index (χ3v) is 4.06. The zero-order chi connectivity index (χ0) is 14.8. The number of benzene rings is 1. The molecule has 4 heteroatoms. The highest BCUT2D eigenvalue weighted by Gasteiger charge is 2.15. The van der Waals surface area contributed by atoms with Gasteiger partial charge in [-0.25, -0.2) is 9.97 Å². The van der Waals surface area contributed by atoms with E-state index in [2.05, 4.69) is 52.6 Å². The minimum atomic E-state index is 0.352. The SMILES string of the molecule is CNc1ncnc(Nc2ccc3c(c2)CCC3)c1C(C)C. The average molecular weight is 282 g/mol. The second kappa shape index (κ2) is 5.72. The molecule has 0 saturated heterocycles. The molecule has 0 unspecified atom stereocenters. The maximum atomic E-state index is 4.44. The molecule has 0 radical (unpaired) electrons. The van der Waals surface area contributed by atoms with Crippen LogP contribution in [0.4, 0.5) is 17.3 Å². The lowest BCUT2D eigenvalue weighted by Crippen LogP contribution is -2.07. The number of hydrogen-bond acceptors (Lipinski definition) is 4. The summed E-state index contributed by atoms with van der Waals surface area (Å²) in [5.41, 5.74) is 5.19. The van der Waals surface area contributed by atoms with Gasteiger partial charge in [0.05, 0.1) is 0 Å². The number of fused-ring (bicyclic) bond motifs is 1. The monoisotopic (exact) mass is 282 g/mol. The summed E-state index contributed by atoms with van der Waals surface area (Å²) in [5, 5.41) is 6.62. The van der Waals surface area contributed by atoms with Crippen LogP contribution in [0.1, 0.15) is 42.9 Å². The summed E-state index contributed by atoms with van der Waals surface area (Å²) < 4.78 is 0. The van der Waals surface area contributed by atoms with Gasteiger partial charge in [0.15, 0.2) is 0 Å².